The highest BCUT2D eigenvalue weighted by molar-refractivity contribution is 7.99. The molecular formula is C14H9FN4O2S. The molecule has 1 heterocycles. The number of para-hydroxylation sites is 1. The average Bonchev–Trinajstić information content (AvgIpc) is 2.98. The molecule has 0 unspecified atom stereocenters. The molecule has 8 heteroatoms. The van der Waals surface area contributed by atoms with Gasteiger partial charge in [-0.15, -0.1) is 5.10 Å². The van der Waals surface area contributed by atoms with Crippen molar-refractivity contribution in [2.45, 2.75) is 10.1 Å². The lowest BCUT2D eigenvalue weighted by atomic mass is 10.3. The first-order valence-electron chi connectivity index (χ1n) is 6.22. The molecular weight excluding hydrogens is 307 g/mol. The molecule has 0 bridgehead atoms. The Bertz CT molecular complexity index is 823. The van der Waals surface area contributed by atoms with Crippen molar-refractivity contribution in [1.82, 2.24) is 14.8 Å². The minimum atomic E-state index is -0.671. The van der Waals surface area contributed by atoms with E-state index in [0.717, 1.165) is 23.5 Å². The van der Waals surface area contributed by atoms with Crippen LogP contribution in [0.15, 0.2) is 64.9 Å². The number of halogens is 1. The summed E-state index contributed by atoms with van der Waals surface area (Å²) in [6, 6.07) is 12.9. The second-order valence-corrected chi connectivity index (χ2v) is 5.29. The summed E-state index contributed by atoms with van der Waals surface area (Å²) in [7, 11) is 0. The molecule has 0 saturated carbocycles. The van der Waals surface area contributed by atoms with Crippen LogP contribution in [0, 0.1) is 15.9 Å². The molecule has 110 valence electrons. The van der Waals surface area contributed by atoms with E-state index in [2.05, 4.69) is 10.1 Å². The summed E-state index contributed by atoms with van der Waals surface area (Å²) in [4.78, 5) is 14.3. The van der Waals surface area contributed by atoms with Gasteiger partial charge in [-0.3, -0.25) is 10.1 Å². The first kappa shape index (κ1) is 14.2. The van der Waals surface area contributed by atoms with Gasteiger partial charge in [-0.1, -0.05) is 18.2 Å². The molecule has 0 spiro atoms. The lowest BCUT2D eigenvalue weighted by molar-refractivity contribution is -0.385. The highest BCUT2D eigenvalue weighted by Gasteiger charge is 2.13. The molecule has 0 fully saturated rings. The van der Waals surface area contributed by atoms with Gasteiger partial charge in [0, 0.05) is 6.07 Å². The molecule has 0 atom stereocenters. The van der Waals surface area contributed by atoms with Crippen molar-refractivity contribution >= 4 is 17.4 Å². The van der Waals surface area contributed by atoms with E-state index in [1.54, 1.807) is 4.68 Å². The summed E-state index contributed by atoms with van der Waals surface area (Å²) in [6.45, 7) is 0. The van der Waals surface area contributed by atoms with E-state index in [1.807, 2.05) is 30.3 Å². The molecule has 0 radical (unpaired) electrons. The van der Waals surface area contributed by atoms with Crippen LogP contribution in [0.25, 0.3) is 5.69 Å². The van der Waals surface area contributed by atoms with E-state index in [-0.39, 0.29) is 10.6 Å². The molecule has 0 aliphatic heterocycles. The normalized spacial score (nSPS) is 10.6. The Hall–Kier alpha value is -2.74. The third-order valence-corrected chi connectivity index (χ3v) is 3.74. The predicted molar refractivity (Wildman–Crippen MR) is 78.5 cm³/mol. The van der Waals surface area contributed by atoms with Crippen molar-refractivity contribution in [2.75, 3.05) is 0 Å². The summed E-state index contributed by atoms with van der Waals surface area (Å²) in [6.07, 6.45) is 1.53. The number of benzene rings is 2. The van der Waals surface area contributed by atoms with E-state index in [4.69, 9.17) is 0 Å². The van der Waals surface area contributed by atoms with E-state index in [0.29, 0.717) is 5.16 Å². The zero-order valence-corrected chi connectivity index (χ0v) is 11.9. The number of non-ortho nitro benzene ring substituents is 1. The molecule has 2 aromatic carbocycles. The largest absolute Gasteiger partial charge is 0.272 e. The number of rotatable bonds is 4. The van der Waals surface area contributed by atoms with Crippen LogP contribution in [-0.4, -0.2) is 19.7 Å². The standard InChI is InChI=1S/C14H9FN4O2S/c15-12-8-11(19(20)21)6-7-13(12)22-14-16-9-18(17-14)10-4-2-1-3-5-10/h1-9H. The van der Waals surface area contributed by atoms with Gasteiger partial charge in [-0.2, -0.15) is 0 Å². The van der Waals surface area contributed by atoms with Gasteiger partial charge in [-0.05, 0) is 30.0 Å². The molecule has 22 heavy (non-hydrogen) atoms. The Morgan fingerprint density at radius 1 is 1.18 bits per heavy atom. The minimum Gasteiger partial charge on any atom is -0.258 e. The van der Waals surface area contributed by atoms with Crippen molar-refractivity contribution in [2.24, 2.45) is 0 Å². The quantitative estimate of drug-likeness (QED) is 0.544. The number of hydrogen-bond acceptors (Lipinski definition) is 5. The van der Waals surface area contributed by atoms with Crippen molar-refractivity contribution in [1.29, 1.82) is 0 Å². The summed E-state index contributed by atoms with van der Waals surface area (Å²) in [5, 5.41) is 15.2. The van der Waals surface area contributed by atoms with E-state index in [1.165, 1.54) is 18.5 Å². The Morgan fingerprint density at radius 2 is 1.95 bits per heavy atom. The monoisotopic (exact) mass is 316 g/mol. The number of aromatic nitrogens is 3. The lowest BCUT2D eigenvalue weighted by Crippen LogP contribution is -1.94. The zero-order valence-electron chi connectivity index (χ0n) is 11.1. The number of nitrogens with zero attached hydrogens (tertiary/aromatic N) is 4. The molecule has 3 rings (SSSR count). The van der Waals surface area contributed by atoms with Gasteiger partial charge >= 0.3 is 0 Å². The van der Waals surface area contributed by atoms with Crippen molar-refractivity contribution in [3.8, 4) is 5.69 Å². The average molecular weight is 316 g/mol. The van der Waals surface area contributed by atoms with E-state index in [9.17, 15) is 14.5 Å². The van der Waals surface area contributed by atoms with Crippen LogP contribution in [0.4, 0.5) is 10.1 Å². The first-order valence-corrected chi connectivity index (χ1v) is 7.04. The van der Waals surface area contributed by atoms with Crippen LogP contribution in [0.1, 0.15) is 0 Å². The fourth-order valence-electron chi connectivity index (χ4n) is 1.78. The molecule has 6 nitrogen and oxygen atoms in total. The SMILES string of the molecule is O=[N+]([O-])c1ccc(Sc2ncn(-c3ccccc3)n2)c(F)c1. The summed E-state index contributed by atoms with van der Waals surface area (Å²) >= 11 is 1.01. The van der Waals surface area contributed by atoms with Crippen molar-refractivity contribution in [3.63, 3.8) is 0 Å². The first-order chi connectivity index (χ1) is 10.6. The van der Waals surface area contributed by atoms with Crippen LogP contribution in [0.3, 0.4) is 0 Å². The maximum Gasteiger partial charge on any atom is 0.272 e. The van der Waals surface area contributed by atoms with Crippen molar-refractivity contribution < 1.29 is 9.31 Å². The minimum absolute atomic E-state index is 0.233. The van der Waals surface area contributed by atoms with Gasteiger partial charge in [0.25, 0.3) is 5.69 Å². The van der Waals surface area contributed by atoms with Gasteiger partial charge in [0.05, 0.1) is 21.6 Å². The number of hydrogen-bond donors (Lipinski definition) is 0. The fraction of sp³-hybridized carbons (Fsp3) is 0. The summed E-state index contributed by atoms with van der Waals surface area (Å²) < 4.78 is 15.4. The van der Waals surface area contributed by atoms with Crippen LogP contribution in [0.5, 0.6) is 0 Å². The maximum absolute atomic E-state index is 13.8. The summed E-state index contributed by atoms with van der Waals surface area (Å²) in [5.41, 5.74) is 0.552. The van der Waals surface area contributed by atoms with Gasteiger partial charge in [-0.25, -0.2) is 14.1 Å². The third-order valence-electron chi connectivity index (χ3n) is 2.82. The van der Waals surface area contributed by atoms with Crippen LogP contribution in [-0.2, 0) is 0 Å². The van der Waals surface area contributed by atoms with Crippen LogP contribution < -0.4 is 0 Å². The number of nitro groups is 1. The number of nitro benzene ring substituents is 1. The van der Waals surface area contributed by atoms with Crippen molar-refractivity contribution in [3.05, 3.63) is 70.8 Å². The Labute approximate surface area is 128 Å². The molecule has 0 N–H and O–H groups in total. The van der Waals surface area contributed by atoms with Crippen LogP contribution in [0.2, 0.25) is 0 Å². The highest BCUT2D eigenvalue weighted by Crippen LogP contribution is 2.29. The van der Waals surface area contributed by atoms with Gasteiger partial charge in [0.2, 0.25) is 5.16 Å². The maximum atomic E-state index is 13.8. The Kier molecular flexibility index (Phi) is 3.84. The van der Waals surface area contributed by atoms with E-state index < -0.39 is 10.7 Å². The fourth-order valence-corrected chi connectivity index (χ4v) is 2.50. The van der Waals surface area contributed by atoms with Gasteiger partial charge in [0.15, 0.2) is 0 Å². The molecule has 0 aliphatic rings. The molecule has 0 amide bonds. The molecule has 1 aromatic heterocycles. The second kappa shape index (κ2) is 5.94. The topological polar surface area (TPSA) is 73.8 Å². The van der Waals surface area contributed by atoms with Gasteiger partial charge < -0.3 is 0 Å². The molecule has 0 aliphatic carbocycles. The van der Waals surface area contributed by atoms with E-state index >= 15 is 0 Å². The predicted octanol–water partition coefficient (Wildman–Crippen LogP) is 3.47. The molecule has 3 aromatic rings. The molecule has 0 saturated heterocycles. The highest BCUT2D eigenvalue weighted by atomic mass is 32.2. The third kappa shape index (κ3) is 2.96. The summed E-state index contributed by atoms with van der Waals surface area (Å²) in [5.74, 6) is -0.671. The smallest absolute Gasteiger partial charge is 0.258 e. The Balaban J connectivity index is 1.82. The lowest BCUT2D eigenvalue weighted by Gasteiger charge is -2.00. The second-order valence-electron chi connectivity index (χ2n) is 4.28. The zero-order chi connectivity index (χ0) is 15.5. The van der Waals surface area contributed by atoms with Gasteiger partial charge in [0.1, 0.15) is 12.1 Å². The van der Waals surface area contributed by atoms with Crippen LogP contribution >= 0.6 is 11.8 Å². The Morgan fingerprint density at radius 3 is 2.64 bits per heavy atom.